The molecule has 0 radical (unpaired) electrons. The number of H-pyrrole nitrogens is 1. The highest BCUT2D eigenvalue weighted by atomic mass is 16.5. The average Bonchev–Trinajstić information content (AvgIpc) is 3.68. The standard InChI is InChI=1S/C42H68N4O5/c1-26(2)28-12-19-42(22-23-50-33(47)24-32-43-45-46-44-32)21-20-41(11)39(9)17-13-29-37(6,7)31(51-27(3)25-36(4,5)35(48)49)15-16-38(29,8)30(39)14-18-40(41,10)34(28)42/h26,28-31,34H,3,12-25H2,1-2,4-11H3,(H,48,49)(H,43,44,45,46)/t28-,29-,30+,31-,34+,38-,39+,40?,41-,42+/m0/s1. The molecule has 0 aromatic carbocycles. The van der Waals surface area contributed by atoms with Crippen molar-refractivity contribution in [2.75, 3.05) is 6.61 Å². The van der Waals surface area contributed by atoms with Gasteiger partial charge in [-0.25, -0.2) is 5.10 Å². The molecule has 51 heavy (non-hydrogen) atoms. The van der Waals surface area contributed by atoms with Crippen LogP contribution in [-0.2, 0) is 25.5 Å². The summed E-state index contributed by atoms with van der Waals surface area (Å²) in [6, 6.07) is 0. The number of aliphatic carboxylic acids is 1. The maximum atomic E-state index is 12.7. The van der Waals surface area contributed by atoms with Crippen molar-refractivity contribution in [2.24, 2.45) is 67.5 Å². The van der Waals surface area contributed by atoms with Crippen molar-refractivity contribution < 1.29 is 24.2 Å². The largest absolute Gasteiger partial charge is 0.495 e. The Morgan fingerprint density at radius 3 is 2.27 bits per heavy atom. The number of hydrogen-bond donors (Lipinski definition) is 2. The number of carboxylic acid groups (broad SMARTS) is 1. The summed E-state index contributed by atoms with van der Waals surface area (Å²) < 4.78 is 12.5. The molecule has 2 N–H and O–H groups in total. The van der Waals surface area contributed by atoms with Crippen LogP contribution in [0.15, 0.2) is 12.3 Å². The van der Waals surface area contributed by atoms with E-state index in [4.69, 9.17) is 9.47 Å². The minimum absolute atomic E-state index is 0.0381. The molecule has 9 nitrogen and oxygen atoms in total. The van der Waals surface area contributed by atoms with Crippen LogP contribution >= 0.6 is 0 Å². The van der Waals surface area contributed by atoms with Crippen LogP contribution in [0, 0.1) is 67.5 Å². The van der Waals surface area contributed by atoms with Crippen molar-refractivity contribution in [1.82, 2.24) is 20.6 Å². The molecule has 10 atom stereocenters. The van der Waals surface area contributed by atoms with Gasteiger partial charge in [-0.2, -0.15) is 0 Å². The van der Waals surface area contributed by atoms with Crippen molar-refractivity contribution in [3.63, 3.8) is 0 Å². The molecule has 1 aromatic heterocycles. The number of carbonyl (C=O) groups is 2. The second-order valence-corrected chi connectivity index (χ2v) is 20.5. The predicted molar refractivity (Wildman–Crippen MR) is 197 cm³/mol. The molecular weight excluding hydrogens is 640 g/mol. The van der Waals surface area contributed by atoms with Crippen LogP contribution in [0.4, 0.5) is 0 Å². The van der Waals surface area contributed by atoms with Gasteiger partial charge in [-0.1, -0.05) is 62.0 Å². The molecule has 1 unspecified atom stereocenters. The molecule has 5 aliphatic carbocycles. The Labute approximate surface area is 307 Å². The zero-order chi connectivity index (χ0) is 37.4. The Kier molecular flexibility index (Phi) is 9.64. The number of aromatic amines is 1. The fourth-order valence-corrected chi connectivity index (χ4v) is 14.4. The molecule has 0 bridgehead atoms. The summed E-state index contributed by atoms with van der Waals surface area (Å²) in [7, 11) is 0. The van der Waals surface area contributed by atoms with Gasteiger partial charge in [0.2, 0.25) is 0 Å². The van der Waals surface area contributed by atoms with Crippen LogP contribution in [0.5, 0.6) is 0 Å². The smallest absolute Gasteiger partial charge is 0.313 e. The SMILES string of the molecule is C=C(CC(C)(C)C(=O)O)O[C@H]1CC[C@]2(C)[C@H]3CCC4(C)[C@H]5[C@H](C(C)C)CC[C@]5(CCOC(=O)Cc5nnn[nH]5)CC[C@@]4(C)[C@]3(C)CC[C@H]2C1(C)C. The number of ether oxygens (including phenoxy) is 2. The normalized spacial score (nSPS) is 41.5. The summed E-state index contributed by atoms with van der Waals surface area (Å²) in [5.41, 5.74) is 0.153. The maximum Gasteiger partial charge on any atom is 0.313 e. The molecule has 9 heteroatoms. The first-order chi connectivity index (χ1) is 23.7. The van der Waals surface area contributed by atoms with E-state index in [1.54, 1.807) is 13.8 Å². The zero-order valence-corrected chi connectivity index (χ0v) is 33.5. The van der Waals surface area contributed by atoms with Gasteiger partial charge in [0.15, 0.2) is 5.82 Å². The monoisotopic (exact) mass is 709 g/mol. The van der Waals surface area contributed by atoms with Crippen molar-refractivity contribution in [1.29, 1.82) is 0 Å². The number of rotatable bonds is 11. The number of aromatic nitrogens is 4. The van der Waals surface area contributed by atoms with Crippen LogP contribution in [0.2, 0.25) is 0 Å². The van der Waals surface area contributed by atoms with Crippen molar-refractivity contribution in [2.45, 2.75) is 159 Å². The van der Waals surface area contributed by atoms with Gasteiger partial charge in [-0.3, -0.25) is 9.59 Å². The van der Waals surface area contributed by atoms with E-state index < -0.39 is 11.4 Å². The van der Waals surface area contributed by atoms with Gasteiger partial charge in [0.25, 0.3) is 0 Å². The average molecular weight is 709 g/mol. The van der Waals surface area contributed by atoms with Crippen LogP contribution in [0.1, 0.15) is 152 Å². The summed E-state index contributed by atoms with van der Waals surface area (Å²) in [6.07, 6.45) is 13.5. The third-order valence-corrected chi connectivity index (χ3v) is 17.3. The molecule has 5 fully saturated rings. The lowest BCUT2D eigenvalue weighted by Crippen LogP contribution is -2.69. The number of esters is 1. The van der Waals surface area contributed by atoms with E-state index in [1.165, 1.54) is 51.4 Å². The maximum absolute atomic E-state index is 12.7. The molecule has 6 rings (SSSR count). The van der Waals surface area contributed by atoms with Crippen LogP contribution in [-0.4, -0.2) is 50.4 Å². The number of carboxylic acids is 1. The Hall–Kier alpha value is -2.45. The topological polar surface area (TPSA) is 127 Å². The van der Waals surface area contributed by atoms with Gasteiger partial charge < -0.3 is 14.6 Å². The minimum Gasteiger partial charge on any atom is -0.495 e. The Morgan fingerprint density at radius 1 is 0.941 bits per heavy atom. The second kappa shape index (κ2) is 12.8. The molecular formula is C42H68N4O5. The molecule has 1 heterocycles. The molecule has 5 saturated carbocycles. The van der Waals surface area contributed by atoms with Gasteiger partial charge in [-0.15, -0.1) is 5.10 Å². The van der Waals surface area contributed by atoms with Gasteiger partial charge >= 0.3 is 11.9 Å². The van der Waals surface area contributed by atoms with Crippen molar-refractivity contribution >= 4 is 11.9 Å². The lowest BCUT2D eigenvalue weighted by Gasteiger charge is -2.76. The van der Waals surface area contributed by atoms with E-state index in [9.17, 15) is 14.7 Å². The summed E-state index contributed by atoms with van der Waals surface area (Å²) in [5.74, 6) is 3.09. The number of carbonyl (C=O) groups excluding carboxylic acids is 1. The Morgan fingerprint density at radius 2 is 1.63 bits per heavy atom. The van der Waals surface area contributed by atoms with Crippen LogP contribution in [0.3, 0.4) is 0 Å². The minimum atomic E-state index is -0.895. The lowest BCUT2D eigenvalue weighted by atomic mass is 9.28. The summed E-state index contributed by atoms with van der Waals surface area (Å²) in [6.45, 7) is 28.7. The zero-order valence-electron chi connectivity index (χ0n) is 33.5. The fraction of sp³-hybridized carbons (Fsp3) is 0.881. The van der Waals surface area contributed by atoms with Gasteiger partial charge in [0.1, 0.15) is 12.5 Å². The summed E-state index contributed by atoms with van der Waals surface area (Å²) >= 11 is 0. The molecule has 0 amide bonds. The molecule has 1 aromatic rings. The van der Waals surface area contributed by atoms with Gasteiger partial charge in [0.05, 0.1) is 17.8 Å². The van der Waals surface area contributed by atoms with Crippen LogP contribution in [0.25, 0.3) is 0 Å². The molecule has 286 valence electrons. The number of tetrazole rings is 1. The molecule has 0 aliphatic heterocycles. The van der Waals surface area contributed by atoms with E-state index >= 15 is 0 Å². The fourth-order valence-electron chi connectivity index (χ4n) is 14.4. The number of allylic oxidation sites excluding steroid dienone is 1. The number of hydrogen-bond acceptors (Lipinski definition) is 7. The highest BCUT2D eigenvalue weighted by molar-refractivity contribution is 5.73. The van der Waals surface area contributed by atoms with Gasteiger partial charge in [-0.05, 0) is 152 Å². The van der Waals surface area contributed by atoms with E-state index in [-0.39, 0.29) is 51.0 Å². The van der Waals surface area contributed by atoms with E-state index in [1.807, 2.05) is 0 Å². The van der Waals surface area contributed by atoms with E-state index in [2.05, 4.69) is 82.6 Å². The number of nitrogens with one attached hydrogen (secondary N) is 1. The quantitative estimate of drug-likeness (QED) is 0.172. The Balaban J connectivity index is 1.23. The van der Waals surface area contributed by atoms with E-state index in [0.717, 1.165) is 19.3 Å². The first-order valence-electron chi connectivity index (χ1n) is 20.1. The second-order valence-electron chi connectivity index (χ2n) is 20.5. The predicted octanol–water partition coefficient (Wildman–Crippen LogP) is 9.20. The first kappa shape index (κ1) is 38.3. The number of nitrogens with zero attached hydrogens (tertiary/aromatic N) is 3. The summed E-state index contributed by atoms with van der Waals surface area (Å²) in [4.78, 5) is 24.6. The number of fused-ring (bicyclic) bond motifs is 7. The Bertz CT molecular complexity index is 1490. The highest BCUT2D eigenvalue weighted by Crippen LogP contribution is 2.81. The third kappa shape index (κ3) is 5.88. The molecule has 0 saturated heterocycles. The molecule has 0 spiro atoms. The third-order valence-electron chi connectivity index (χ3n) is 17.3. The van der Waals surface area contributed by atoms with Crippen molar-refractivity contribution in [3.05, 3.63) is 18.2 Å². The highest BCUT2D eigenvalue weighted by Gasteiger charge is 2.74. The summed E-state index contributed by atoms with van der Waals surface area (Å²) in [5, 5.41) is 23.4. The first-order valence-corrected chi connectivity index (χ1v) is 20.1. The molecule has 5 aliphatic rings. The van der Waals surface area contributed by atoms with Gasteiger partial charge in [0, 0.05) is 11.8 Å². The van der Waals surface area contributed by atoms with Crippen molar-refractivity contribution in [3.8, 4) is 0 Å². The van der Waals surface area contributed by atoms with E-state index in [0.29, 0.717) is 54.2 Å². The lowest BCUT2D eigenvalue weighted by molar-refractivity contribution is -0.281. The van der Waals surface area contributed by atoms with Crippen LogP contribution < -0.4 is 0 Å².